The molecule has 2 fully saturated rings. The van der Waals surface area contributed by atoms with Crippen molar-refractivity contribution in [1.82, 2.24) is 14.3 Å². The minimum absolute atomic E-state index is 0.157. The lowest BCUT2D eigenvalue weighted by atomic mass is 9.87. The van der Waals surface area contributed by atoms with E-state index in [1.54, 1.807) is 4.31 Å². The number of piperidine rings is 2. The molecule has 5 rings (SSSR count). The number of fused-ring (bicyclic) bond motifs is 1. The summed E-state index contributed by atoms with van der Waals surface area (Å²) in [5, 5.41) is 0. The van der Waals surface area contributed by atoms with Crippen molar-refractivity contribution in [3.63, 3.8) is 0 Å². The summed E-state index contributed by atoms with van der Waals surface area (Å²) in [7, 11) is -3.14. The van der Waals surface area contributed by atoms with E-state index in [1.807, 2.05) is 26.2 Å². The van der Waals surface area contributed by atoms with Crippen molar-refractivity contribution in [3.05, 3.63) is 47.3 Å². The maximum absolute atomic E-state index is 12.6. The number of ether oxygens (including phenoxy) is 1. The molecular weight excluding hydrogens is 484 g/mol. The van der Waals surface area contributed by atoms with Crippen LogP contribution in [0.2, 0.25) is 0 Å². The highest BCUT2D eigenvalue weighted by Gasteiger charge is 2.34. The predicted molar refractivity (Wildman–Crippen MR) is 148 cm³/mol. The molecule has 8 heteroatoms. The molecule has 7 nitrogen and oxygen atoms in total. The van der Waals surface area contributed by atoms with Crippen molar-refractivity contribution in [3.8, 4) is 5.75 Å². The Bertz CT molecular complexity index is 1150. The Morgan fingerprint density at radius 3 is 2.38 bits per heavy atom. The fraction of sp³-hybridized carbons (Fsp3) is 0.655. The Balaban J connectivity index is 1.14. The van der Waals surface area contributed by atoms with E-state index in [0.29, 0.717) is 24.9 Å². The molecule has 1 aromatic heterocycles. The zero-order chi connectivity index (χ0) is 26.0. The van der Waals surface area contributed by atoms with Crippen molar-refractivity contribution in [2.45, 2.75) is 77.7 Å². The van der Waals surface area contributed by atoms with Gasteiger partial charge in [0.2, 0.25) is 16.0 Å². The zero-order valence-corrected chi connectivity index (χ0v) is 23.4. The van der Waals surface area contributed by atoms with Gasteiger partial charge in [-0.25, -0.2) is 22.7 Å². The van der Waals surface area contributed by atoms with Gasteiger partial charge in [-0.05, 0) is 72.6 Å². The van der Waals surface area contributed by atoms with Gasteiger partial charge in [-0.15, -0.1) is 0 Å². The summed E-state index contributed by atoms with van der Waals surface area (Å²) in [6, 6.07) is 6.68. The molecule has 3 aliphatic rings. The summed E-state index contributed by atoms with van der Waals surface area (Å²) < 4.78 is 33.4. The minimum atomic E-state index is -3.14. The molecule has 2 saturated heterocycles. The quantitative estimate of drug-likeness (QED) is 0.491. The molecule has 3 aliphatic heterocycles. The van der Waals surface area contributed by atoms with Gasteiger partial charge < -0.3 is 9.64 Å². The number of sulfonamides is 1. The van der Waals surface area contributed by atoms with Crippen molar-refractivity contribution >= 4 is 16.0 Å². The van der Waals surface area contributed by atoms with E-state index in [9.17, 15) is 8.42 Å². The van der Waals surface area contributed by atoms with E-state index >= 15 is 0 Å². The third-order valence-electron chi connectivity index (χ3n) is 8.23. The fourth-order valence-corrected chi connectivity index (χ4v) is 8.03. The molecule has 37 heavy (non-hydrogen) atoms. The second-order valence-electron chi connectivity index (χ2n) is 11.5. The van der Waals surface area contributed by atoms with Gasteiger partial charge >= 0.3 is 0 Å². The predicted octanol–water partition coefficient (Wildman–Crippen LogP) is 4.81. The molecule has 4 heterocycles. The molecular formula is C29H42N4O3S. The summed E-state index contributed by atoms with van der Waals surface area (Å²) >= 11 is 0. The molecule has 1 unspecified atom stereocenters. The fourth-order valence-electron chi connectivity index (χ4n) is 6.21. The number of hydrogen-bond donors (Lipinski definition) is 0. The van der Waals surface area contributed by atoms with Gasteiger partial charge in [0.1, 0.15) is 11.9 Å². The molecule has 0 amide bonds. The Labute approximate surface area is 222 Å². The largest absolute Gasteiger partial charge is 0.490 e. The number of benzene rings is 1. The standard InChI is InChI=1S/C29H42N4O3S/c1-4-5-22-18-30-29(31-19-22)32-12-8-24(9-13-32)28-17-26-16-25(6-7-27(26)36-28)23-10-14-33(15-11-23)37(34,35)20-21(2)3/h6-7,16,18-19,21,23-24,28H,4-5,8-15,17,20H2,1-3H3. The molecule has 1 atom stereocenters. The van der Waals surface area contributed by atoms with Gasteiger partial charge in [0, 0.05) is 45.0 Å². The van der Waals surface area contributed by atoms with E-state index in [2.05, 4.69) is 40.0 Å². The number of hydrogen-bond acceptors (Lipinski definition) is 6. The highest BCUT2D eigenvalue weighted by atomic mass is 32.2. The molecule has 202 valence electrons. The molecule has 0 spiro atoms. The van der Waals surface area contributed by atoms with Crippen molar-refractivity contribution in [2.75, 3.05) is 36.8 Å². The van der Waals surface area contributed by atoms with E-state index in [4.69, 9.17) is 4.74 Å². The summed E-state index contributed by atoms with van der Waals surface area (Å²) in [6.45, 7) is 9.30. The third-order valence-corrected chi connectivity index (χ3v) is 10.5. The average Bonchev–Trinajstić information content (AvgIpc) is 3.32. The molecule has 1 aromatic carbocycles. The topological polar surface area (TPSA) is 75.6 Å². The lowest BCUT2D eigenvalue weighted by Gasteiger charge is -2.34. The lowest BCUT2D eigenvalue weighted by Crippen LogP contribution is -2.40. The van der Waals surface area contributed by atoms with Gasteiger partial charge in [0.05, 0.1) is 5.75 Å². The summed E-state index contributed by atoms with van der Waals surface area (Å²) in [4.78, 5) is 11.5. The number of aromatic nitrogens is 2. The summed E-state index contributed by atoms with van der Waals surface area (Å²) in [5.41, 5.74) is 3.86. The SMILES string of the molecule is CCCc1cnc(N2CCC(C3Cc4cc(C5CCN(S(=O)(=O)CC(C)C)CC5)ccc4O3)CC2)nc1. The van der Waals surface area contributed by atoms with Crippen LogP contribution in [0, 0.1) is 11.8 Å². The van der Waals surface area contributed by atoms with Crippen molar-refractivity contribution in [2.24, 2.45) is 11.8 Å². The van der Waals surface area contributed by atoms with Gasteiger partial charge in [0.15, 0.2) is 0 Å². The number of rotatable bonds is 8. The first-order chi connectivity index (χ1) is 17.8. The first-order valence-corrected chi connectivity index (χ1v) is 15.8. The minimum Gasteiger partial charge on any atom is -0.490 e. The van der Waals surface area contributed by atoms with E-state index in [-0.39, 0.29) is 17.8 Å². The molecule has 0 bridgehead atoms. The van der Waals surface area contributed by atoms with E-state index in [1.165, 1.54) is 16.7 Å². The highest BCUT2D eigenvalue weighted by Crippen LogP contribution is 2.39. The van der Waals surface area contributed by atoms with Crippen molar-refractivity contribution in [1.29, 1.82) is 0 Å². The first kappa shape index (κ1) is 26.4. The second-order valence-corrected chi connectivity index (χ2v) is 13.6. The van der Waals surface area contributed by atoms with E-state index < -0.39 is 10.0 Å². The number of aryl methyl sites for hydroxylation is 1. The Morgan fingerprint density at radius 1 is 1.03 bits per heavy atom. The normalized spacial score (nSPS) is 21.8. The Hall–Kier alpha value is -2.19. The zero-order valence-electron chi connectivity index (χ0n) is 22.6. The van der Waals surface area contributed by atoms with Crippen LogP contribution in [0.5, 0.6) is 5.75 Å². The van der Waals surface area contributed by atoms with Crippen LogP contribution in [0.15, 0.2) is 30.6 Å². The number of nitrogens with zero attached hydrogens (tertiary/aromatic N) is 4. The van der Waals surface area contributed by atoms with Gasteiger partial charge in [-0.1, -0.05) is 39.3 Å². The smallest absolute Gasteiger partial charge is 0.225 e. The summed E-state index contributed by atoms with van der Waals surface area (Å²) in [5.74, 6) is 3.24. The third kappa shape index (κ3) is 6.11. The molecule has 0 saturated carbocycles. The second kappa shape index (κ2) is 11.3. The summed E-state index contributed by atoms with van der Waals surface area (Å²) in [6.07, 6.45) is 11.3. The van der Waals surface area contributed by atoms with Crippen LogP contribution in [0.1, 0.15) is 75.5 Å². The monoisotopic (exact) mass is 526 g/mol. The van der Waals surface area contributed by atoms with Gasteiger partial charge in [-0.3, -0.25) is 0 Å². The molecule has 0 aliphatic carbocycles. The van der Waals surface area contributed by atoms with Crippen LogP contribution in [-0.2, 0) is 22.9 Å². The lowest BCUT2D eigenvalue weighted by molar-refractivity contribution is 0.138. The van der Waals surface area contributed by atoms with Crippen LogP contribution in [-0.4, -0.2) is 60.7 Å². The molecule has 2 aromatic rings. The average molecular weight is 527 g/mol. The van der Waals surface area contributed by atoms with Crippen LogP contribution in [0.25, 0.3) is 0 Å². The Kier molecular flexibility index (Phi) is 8.05. The van der Waals surface area contributed by atoms with Crippen LogP contribution in [0.3, 0.4) is 0 Å². The van der Waals surface area contributed by atoms with Crippen molar-refractivity contribution < 1.29 is 13.2 Å². The maximum atomic E-state index is 12.6. The Morgan fingerprint density at radius 2 is 1.73 bits per heavy atom. The van der Waals surface area contributed by atoms with Crippen LogP contribution < -0.4 is 9.64 Å². The number of anilines is 1. The first-order valence-electron chi connectivity index (χ1n) is 14.2. The maximum Gasteiger partial charge on any atom is 0.225 e. The van der Waals surface area contributed by atoms with Crippen LogP contribution >= 0.6 is 0 Å². The van der Waals surface area contributed by atoms with Crippen LogP contribution in [0.4, 0.5) is 5.95 Å². The van der Waals surface area contributed by atoms with Gasteiger partial charge in [0.25, 0.3) is 0 Å². The molecule has 0 N–H and O–H groups in total. The van der Waals surface area contributed by atoms with E-state index in [0.717, 1.165) is 69.7 Å². The van der Waals surface area contributed by atoms with Gasteiger partial charge in [-0.2, -0.15) is 0 Å². The molecule has 0 radical (unpaired) electrons. The highest BCUT2D eigenvalue weighted by molar-refractivity contribution is 7.89.